The summed E-state index contributed by atoms with van der Waals surface area (Å²) in [6.45, 7) is 1.74. The van der Waals surface area contributed by atoms with Gasteiger partial charge in [0.05, 0.1) is 10.7 Å². The van der Waals surface area contributed by atoms with Crippen LogP contribution in [0.15, 0.2) is 18.2 Å². The second kappa shape index (κ2) is 6.35. The molecule has 0 spiro atoms. The van der Waals surface area contributed by atoms with Gasteiger partial charge in [-0.3, -0.25) is 10.1 Å². The second-order valence-corrected chi connectivity index (χ2v) is 5.26. The molecule has 0 aliphatic carbocycles. The average Bonchev–Trinajstić information content (AvgIpc) is 2.39. The first-order valence-corrected chi connectivity index (χ1v) is 7.19. The number of nitro groups is 1. The number of nitrogens with two attached hydrogens (primary N) is 2. The third-order valence-corrected chi connectivity index (χ3v) is 3.80. The molecule has 0 radical (unpaired) electrons. The van der Waals surface area contributed by atoms with Crippen LogP contribution in [0.5, 0.6) is 0 Å². The zero-order valence-corrected chi connectivity index (χ0v) is 12.1. The monoisotopic (exact) mass is 306 g/mol. The predicted molar refractivity (Wildman–Crippen MR) is 81.5 cm³/mol. The van der Waals surface area contributed by atoms with Crippen LogP contribution in [0, 0.1) is 17.0 Å². The Morgan fingerprint density at radius 2 is 1.86 bits per heavy atom. The lowest BCUT2D eigenvalue weighted by molar-refractivity contribution is -0.385. The van der Waals surface area contributed by atoms with Gasteiger partial charge in [-0.05, 0) is 12.5 Å². The molecule has 8 nitrogen and oxygen atoms in total. The fourth-order valence-electron chi connectivity index (χ4n) is 1.80. The normalized spacial score (nSPS) is 10.5. The molecule has 0 saturated heterocycles. The average molecular weight is 306 g/mol. The van der Waals surface area contributed by atoms with Gasteiger partial charge in [0.2, 0.25) is 11.9 Å². The van der Waals surface area contributed by atoms with Crippen LogP contribution in [0.2, 0.25) is 0 Å². The number of hydrogen-bond acceptors (Lipinski definition) is 8. The Morgan fingerprint density at radius 3 is 2.48 bits per heavy atom. The summed E-state index contributed by atoms with van der Waals surface area (Å²) in [5, 5.41) is 10.9. The van der Waals surface area contributed by atoms with Crippen LogP contribution < -0.4 is 11.5 Å². The molecule has 110 valence electrons. The van der Waals surface area contributed by atoms with Crippen molar-refractivity contribution in [3.63, 3.8) is 0 Å². The third-order valence-electron chi connectivity index (χ3n) is 2.82. The first-order chi connectivity index (χ1) is 9.97. The van der Waals surface area contributed by atoms with Gasteiger partial charge < -0.3 is 11.5 Å². The van der Waals surface area contributed by atoms with Gasteiger partial charge in [0.25, 0.3) is 5.69 Å². The van der Waals surface area contributed by atoms with Crippen molar-refractivity contribution in [2.24, 2.45) is 0 Å². The molecule has 2 aromatic rings. The van der Waals surface area contributed by atoms with Gasteiger partial charge in [-0.15, -0.1) is 11.8 Å². The molecule has 21 heavy (non-hydrogen) atoms. The van der Waals surface area contributed by atoms with E-state index in [0.29, 0.717) is 22.9 Å². The highest BCUT2D eigenvalue weighted by molar-refractivity contribution is 7.97. The standard InChI is InChI=1S/C12H14N6O2S/c1-7-8(3-2-4-9(7)18(19)20)5-21-6-10-15-11(13)17-12(14)16-10/h2-4H,5-6H2,1H3,(H4,13,14,15,16,17). The van der Waals surface area contributed by atoms with Crippen molar-refractivity contribution in [1.82, 2.24) is 15.0 Å². The molecule has 0 unspecified atom stereocenters. The summed E-state index contributed by atoms with van der Waals surface area (Å²) < 4.78 is 0. The molecule has 0 atom stereocenters. The zero-order chi connectivity index (χ0) is 15.4. The molecule has 0 fully saturated rings. The van der Waals surface area contributed by atoms with E-state index in [1.807, 2.05) is 6.07 Å². The summed E-state index contributed by atoms with van der Waals surface area (Å²) in [6, 6.07) is 5.04. The molecule has 2 rings (SSSR count). The number of benzene rings is 1. The predicted octanol–water partition coefficient (Wildman–Crippen LogP) is 1.69. The second-order valence-electron chi connectivity index (χ2n) is 4.28. The number of aromatic nitrogens is 3. The quantitative estimate of drug-likeness (QED) is 0.629. The van der Waals surface area contributed by atoms with Crippen LogP contribution in [0.1, 0.15) is 17.0 Å². The summed E-state index contributed by atoms with van der Waals surface area (Å²) in [6.07, 6.45) is 0. The maximum absolute atomic E-state index is 10.9. The van der Waals surface area contributed by atoms with E-state index in [-0.39, 0.29) is 22.5 Å². The minimum Gasteiger partial charge on any atom is -0.368 e. The van der Waals surface area contributed by atoms with Gasteiger partial charge >= 0.3 is 0 Å². The van der Waals surface area contributed by atoms with E-state index in [9.17, 15) is 10.1 Å². The Morgan fingerprint density at radius 1 is 1.19 bits per heavy atom. The molecule has 1 aromatic heterocycles. The smallest absolute Gasteiger partial charge is 0.272 e. The summed E-state index contributed by atoms with van der Waals surface area (Å²) in [7, 11) is 0. The lowest BCUT2D eigenvalue weighted by atomic mass is 10.1. The van der Waals surface area contributed by atoms with E-state index in [1.165, 1.54) is 17.8 Å². The van der Waals surface area contributed by atoms with Crippen LogP contribution in [-0.4, -0.2) is 19.9 Å². The number of nitrogen functional groups attached to an aromatic ring is 2. The topological polar surface area (TPSA) is 134 Å². The van der Waals surface area contributed by atoms with Crippen molar-refractivity contribution in [2.75, 3.05) is 11.5 Å². The molecular weight excluding hydrogens is 292 g/mol. The SMILES string of the molecule is Cc1c(CSCc2nc(N)nc(N)n2)cccc1[N+](=O)[O-]. The van der Waals surface area contributed by atoms with Crippen molar-refractivity contribution in [3.8, 4) is 0 Å². The molecule has 1 aromatic carbocycles. The third kappa shape index (κ3) is 3.78. The lowest BCUT2D eigenvalue weighted by Crippen LogP contribution is -2.06. The van der Waals surface area contributed by atoms with Crippen LogP contribution in [0.4, 0.5) is 17.6 Å². The van der Waals surface area contributed by atoms with Crippen LogP contribution in [0.3, 0.4) is 0 Å². The summed E-state index contributed by atoms with van der Waals surface area (Å²) in [5.41, 5.74) is 12.7. The molecule has 0 aliphatic heterocycles. The Labute approximate surface area is 125 Å². The van der Waals surface area contributed by atoms with E-state index in [4.69, 9.17) is 11.5 Å². The largest absolute Gasteiger partial charge is 0.368 e. The van der Waals surface area contributed by atoms with Crippen molar-refractivity contribution < 1.29 is 4.92 Å². The fraction of sp³-hybridized carbons (Fsp3) is 0.250. The molecule has 4 N–H and O–H groups in total. The Kier molecular flexibility index (Phi) is 4.53. The molecule has 9 heteroatoms. The molecule has 0 saturated carbocycles. The van der Waals surface area contributed by atoms with Crippen molar-refractivity contribution >= 4 is 29.3 Å². The van der Waals surface area contributed by atoms with E-state index in [1.54, 1.807) is 13.0 Å². The maximum atomic E-state index is 10.9. The van der Waals surface area contributed by atoms with Crippen LogP contribution in [0.25, 0.3) is 0 Å². The van der Waals surface area contributed by atoms with E-state index >= 15 is 0 Å². The summed E-state index contributed by atoms with van der Waals surface area (Å²) >= 11 is 1.52. The molecule has 1 heterocycles. The molecule has 0 bridgehead atoms. The number of nitrogens with zero attached hydrogens (tertiary/aromatic N) is 4. The summed E-state index contributed by atoms with van der Waals surface area (Å²) in [4.78, 5) is 22.2. The lowest BCUT2D eigenvalue weighted by Gasteiger charge is -2.06. The van der Waals surface area contributed by atoms with Gasteiger partial charge in [-0.2, -0.15) is 15.0 Å². The van der Waals surface area contributed by atoms with Gasteiger partial charge in [0.1, 0.15) is 5.82 Å². The van der Waals surface area contributed by atoms with Gasteiger partial charge in [0, 0.05) is 17.4 Å². The number of thioether (sulfide) groups is 1. The minimum atomic E-state index is -0.378. The molecular formula is C12H14N6O2S. The number of anilines is 2. The fourth-order valence-corrected chi connectivity index (χ4v) is 2.74. The molecule has 0 amide bonds. The van der Waals surface area contributed by atoms with Crippen molar-refractivity contribution in [3.05, 3.63) is 45.3 Å². The Balaban J connectivity index is 2.04. The van der Waals surface area contributed by atoms with E-state index in [2.05, 4.69) is 15.0 Å². The highest BCUT2D eigenvalue weighted by Crippen LogP contribution is 2.25. The van der Waals surface area contributed by atoms with Gasteiger partial charge in [-0.1, -0.05) is 12.1 Å². The Bertz CT molecular complexity index is 659. The van der Waals surface area contributed by atoms with Crippen LogP contribution in [-0.2, 0) is 11.5 Å². The first-order valence-electron chi connectivity index (χ1n) is 6.04. The van der Waals surface area contributed by atoms with Crippen molar-refractivity contribution in [1.29, 1.82) is 0 Å². The van der Waals surface area contributed by atoms with Gasteiger partial charge in [0.15, 0.2) is 0 Å². The Hall–Kier alpha value is -2.42. The number of hydrogen-bond donors (Lipinski definition) is 2. The highest BCUT2D eigenvalue weighted by atomic mass is 32.2. The van der Waals surface area contributed by atoms with Crippen molar-refractivity contribution in [2.45, 2.75) is 18.4 Å². The highest BCUT2D eigenvalue weighted by Gasteiger charge is 2.13. The van der Waals surface area contributed by atoms with E-state index < -0.39 is 0 Å². The van der Waals surface area contributed by atoms with Gasteiger partial charge in [-0.25, -0.2) is 0 Å². The number of rotatable bonds is 5. The molecule has 0 aliphatic rings. The van der Waals surface area contributed by atoms with E-state index in [0.717, 1.165) is 5.56 Å². The number of nitro benzene ring substituents is 1. The first kappa shape index (κ1) is 15.0. The van der Waals surface area contributed by atoms with Crippen LogP contribution >= 0.6 is 11.8 Å². The minimum absolute atomic E-state index is 0.0876. The maximum Gasteiger partial charge on any atom is 0.272 e. The zero-order valence-electron chi connectivity index (χ0n) is 11.3. The summed E-state index contributed by atoms with van der Waals surface area (Å²) in [5.74, 6) is 1.78.